The molecule has 0 aliphatic rings. The smallest absolute Gasteiger partial charge is 0.339 e. The van der Waals surface area contributed by atoms with Crippen LogP contribution in [0.3, 0.4) is 0 Å². The Kier molecular flexibility index (Phi) is 3.31. The Bertz CT molecular complexity index is 384. The van der Waals surface area contributed by atoms with Gasteiger partial charge in [0.25, 0.3) is 0 Å². The number of aliphatic hydroxyl groups is 1. The lowest BCUT2D eigenvalue weighted by atomic mass is 10.0. The quantitative estimate of drug-likeness (QED) is 0.720. The third kappa shape index (κ3) is 2.27. The lowest BCUT2D eigenvalue weighted by molar-refractivity contribution is -0.150. The molecule has 1 aromatic rings. The van der Waals surface area contributed by atoms with Crippen molar-refractivity contribution in [2.45, 2.75) is 20.0 Å². The first-order valence-corrected chi connectivity index (χ1v) is 4.53. The number of rotatable bonds is 2. The summed E-state index contributed by atoms with van der Waals surface area (Å²) in [5, 5.41) is 19.3. The van der Waals surface area contributed by atoms with Crippen LogP contribution in [-0.2, 0) is 9.53 Å². The molecular formula is C11H14O4. The fourth-order valence-corrected chi connectivity index (χ4v) is 1.44. The maximum Gasteiger partial charge on any atom is 0.339 e. The van der Waals surface area contributed by atoms with Crippen molar-refractivity contribution in [2.75, 3.05) is 7.11 Å². The van der Waals surface area contributed by atoms with Gasteiger partial charge in [-0.1, -0.05) is 11.6 Å². The van der Waals surface area contributed by atoms with Crippen molar-refractivity contribution in [3.8, 4) is 5.75 Å². The molecule has 1 unspecified atom stereocenters. The Balaban J connectivity index is 3.19. The highest BCUT2D eigenvalue weighted by Gasteiger charge is 2.22. The lowest BCUT2D eigenvalue weighted by Crippen LogP contribution is -2.14. The van der Waals surface area contributed by atoms with E-state index in [1.807, 2.05) is 6.92 Å². The molecule has 0 aliphatic carbocycles. The Labute approximate surface area is 88.1 Å². The monoisotopic (exact) mass is 210 g/mol. The van der Waals surface area contributed by atoms with Crippen molar-refractivity contribution in [1.29, 1.82) is 0 Å². The van der Waals surface area contributed by atoms with E-state index in [0.29, 0.717) is 5.56 Å². The summed E-state index contributed by atoms with van der Waals surface area (Å²) in [6.07, 6.45) is -1.44. The maximum absolute atomic E-state index is 11.1. The lowest BCUT2D eigenvalue weighted by Gasteiger charge is -2.13. The summed E-state index contributed by atoms with van der Waals surface area (Å²) < 4.78 is 4.40. The molecule has 82 valence electrons. The van der Waals surface area contributed by atoms with E-state index >= 15 is 0 Å². The number of esters is 1. The summed E-state index contributed by atoms with van der Waals surface area (Å²) in [5.74, 6) is -0.853. The van der Waals surface area contributed by atoms with Crippen LogP contribution in [-0.4, -0.2) is 23.3 Å². The second kappa shape index (κ2) is 4.31. The van der Waals surface area contributed by atoms with Gasteiger partial charge in [0, 0.05) is 5.56 Å². The van der Waals surface area contributed by atoms with Crippen molar-refractivity contribution in [1.82, 2.24) is 0 Å². The van der Waals surface area contributed by atoms with Gasteiger partial charge in [-0.2, -0.15) is 0 Å². The van der Waals surface area contributed by atoms with Gasteiger partial charge in [-0.25, -0.2) is 4.79 Å². The van der Waals surface area contributed by atoms with Crippen LogP contribution >= 0.6 is 0 Å². The Hall–Kier alpha value is -1.55. The molecule has 0 aliphatic heterocycles. The normalized spacial score (nSPS) is 12.3. The predicted octanol–water partition coefficient (Wildman–Crippen LogP) is 1.22. The Morgan fingerprint density at radius 2 is 2.00 bits per heavy atom. The molecule has 4 heteroatoms. The molecule has 0 spiro atoms. The van der Waals surface area contributed by atoms with E-state index in [1.54, 1.807) is 19.1 Å². The molecule has 0 heterocycles. The number of carbonyl (C=O) groups excluding carboxylic acids is 1. The zero-order valence-electron chi connectivity index (χ0n) is 8.94. The van der Waals surface area contributed by atoms with Gasteiger partial charge in [-0.05, 0) is 25.5 Å². The van der Waals surface area contributed by atoms with E-state index in [0.717, 1.165) is 5.56 Å². The van der Waals surface area contributed by atoms with Crippen LogP contribution in [0.2, 0.25) is 0 Å². The fraction of sp³-hybridized carbons (Fsp3) is 0.364. The third-order valence-electron chi connectivity index (χ3n) is 2.19. The number of hydrogen-bond donors (Lipinski definition) is 2. The summed E-state index contributed by atoms with van der Waals surface area (Å²) in [5.41, 5.74) is 1.66. The van der Waals surface area contributed by atoms with Gasteiger partial charge in [0.15, 0.2) is 6.10 Å². The standard InChI is InChI=1S/C11H14O4/c1-6-4-7(2)9(12)8(5-6)10(13)11(14)15-3/h4-5,10,12-13H,1-3H3. The van der Waals surface area contributed by atoms with Crippen LogP contribution in [0, 0.1) is 13.8 Å². The molecule has 0 fully saturated rings. The van der Waals surface area contributed by atoms with Crippen molar-refractivity contribution in [3.63, 3.8) is 0 Å². The zero-order valence-corrected chi connectivity index (χ0v) is 8.94. The van der Waals surface area contributed by atoms with Gasteiger partial charge < -0.3 is 14.9 Å². The molecule has 2 N–H and O–H groups in total. The summed E-state index contributed by atoms with van der Waals surface area (Å²) >= 11 is 0. The van der Waals surface area contributed by atoms with Gasteiger partial charge in [0.05, 0.1) is 7.11 Å². The minimum atomic E-state index is -1.44. The molecule has 0 bridgehead atoms. The van der Waals surface area contributed by atoms with Crippen molar-refractivity contribution < 1.29 is 19.7 Å². The third-order valence-corrected chi connectivity index (χ3v) is 2.19. The summed E-state index contributed by atoms with van der Waals surface area (Å²) in [4.78, 5) is 11.1. The van der Waals surface area contributed by atoms with Gasteiger partial charge in [0.1, 0.15) is 5.75 Å². The second-order valence-electron chi connectivity index (χ2n) is 3.45. The number of benzene rings is 1. The Morgan fingerprint density at radius 1 is 1.40 bits per heavy atom. The largest absolute Gasteiger partial charge is 0.507 e. The van der Waals surface area contributed by atoms with E-state index in [1.165, 1.54) is 7.11 Å². The molecule has 4 nitrogen and oxygen atoms in total. The minimum absolute atomic E-state index is 0.0708. The fourth-order valence-electron chi connectivity index (χ4n) is 1.44. The van der Waals surface area contributed by atoms with E-state index in [9.17, 15) is 15.0 Å². The molecule has 0 aromatic heterocycles. The number of phenolic OH excluding ortho intramolecular Hbond substituents is 1. The molecule has 0 amide bonds. The number of carbonyl (C=O) groups is 1. The highest BCUT2D eigenvalue weighted by Crippen LogP contribution is 2.29. The van der Waals surface area contributed by atoms with Crippen LogP contribution < -0.4 is 0 Å². The van der Waals surface area contributed by atoms with Crippen molar-refractivity contribution >= 4 is 5.97 Å². The van der Waals surface area contributed by atoms with Gasteiger partial charge in [-0.15, -0.1) is 0 Å². The molecule has 15 heavy (non-hydrogen) atoms. The van der Waals surface area contributed by atoms with Gasteiger partial charge >= 0.3 is 5.97 Å². The van der Waals surface area contributed by atoms with Crippen LogP contribution in [0.1, 0.15) is 22.8 Å². The van der Waals surface area contributed by atoms with E-state index in [4.69, 9.17) is 0 Å². The molecule has 1 rings (SSSR count). The topological polar surface area (TPSA) is 66.8 Å². The molecule has 0 saturated heterocycles. The number of methoxy groups -OCH3 is 1. The first-order chi connectivity index (χ1) is 6.97. The summed E-state index contributed by atoms with van der Waals surface area (Å²) in [6, 6.07) is 3.33. The molecule has 1 atom stereocenters. The van der Waals surface area contributed by atoms with Gasteiger partial charge in [0.2, 0.25) is 0 Å². The summed E-state index contributed by atoms with van der Waals surface area (Å²) in [6.45, 7) is 3.52. The van der Waals surface area contributed by atoms with Crippen molar-refractivity contribution in [3.05, 3.63) is 28.8 Å². The Morgan fingerprint density at radius 3 is 2.53 bits per heavy atom. The van der Waals surface area contributed by atoms with E-state index in [-0.39, 0.29) is 11.3 Å². The highest BCUT2D eigenvalue weighted by molar-refractivity contribution is 5.77. The van der Waals surface area contributed by atoms with Gasteiger partial charge in [-0.3, -0.25) is 0 Å². The van der Waals surface area contributed by atoms with Crippen LogP contribution in [0.4, 0.5) is 0 Å². The number of ether oxygens (including phenoxy) is 1. The number of phenols is 1. The second-order valence-corrected chi connectivity index (χ2v) is 3.45. The maximum atomic E-state index is 11.1. The molecule has 1 aromatic carbocycles. The molecular weight excluding hydrogens is 196 g/mol. The first kappa shape index (κ1) is 11.5. The van der Waals surface area contributed by atoms with E-state index in [2.05, 4.69) is 4.74 Å². The number of aromatic hydroxyl groups is 1. The van der Waals surface area contributed by atoms with Crippen LogP contribution in [0.15, 0.2) is 12.1 Å². The molecule has 0 saturated carbocycles. The van der Waals surface area contributed by atoms with E-state index < -0.39 is 12.1 Å². The highest BCUT2D eigenvalue weighted by atomic mass is 16.5. The van der Waals surface area contributed by atoms with Crippen molar-refractivity contribution in [2.24, 2.45) is 0 Å². The number of aliphatic hydroxyl groups excluding tert-OH is 1. The predicted molar refractivity (Wildman–Crippen MR) is 54.6 cm³/mol. The first-order valence-electron chi connectivity index (χ1n) is 4.53. The average molecular weight is 210 g/mol. The van der Waals surface area contributed by atoms with Crippen LogP contribution in [0.5, 0.6) is 5.75 Å². The zero-order chi connectivity index (χ0) is 11.6. The number of hydrogen-bond acceptors (Lipinski definition) is 4. The van der Waals surface area contributed by atoms with Crippen LogP contribution in [0.25, 0.3) is 0 Å². The SMILES string of the molecule is COC(=O)C(O)c1cc(C)cc(C)c1O. The molecule has 0 radical (unpaired) electrons. The summed E-state index contributed by atoms with van der Waals surface area (Å²) in [7, 11) is 1.19. The number of aryl methyl sites for hydroxylation is 2. The minimum Gasteiger partial charge on any atom is -0.507 e. The average Bonchev–Trinajstić information content (AvgIpc) is 2.21.